The maximum atomic E-state index is 6.15. The number of halogens is 2. The molecule has 0 unspecified atom stereocenters. The molecule has 0 spiro atoms. The fraction of sp³-hybridized carbons (Fsp3) is 0.188. The van der Waals surface area contributed by atoms with Gasteiger partial charge < -0.3 is 10.3 Å². The lowest BCUT2D eigenvalue weighted by Gasteiger charge is -2.09. The summed E-state index contributed by atoms with van der Waals surface area (Å²) < 4.78 is 2.27. The summed E-state index contributed by atoms with van der Waals surface area (Å²) in [5, 5.41) is 1.28. The fourth-order valence-electron chi connectivity index (χ4n) is 2.64. The van der Waals surface area contributed by atoms with Crippen LogP contribution < -0.4 is 5.73 Å². The van der Waals surface area contributed by atoms with Crippen molar-refractivity contribution in [2.45, 2.75) is 18.9 Å². The highest BCUT2D eigenvalue weighted by Crippen LogP contribution is 2.42. The summed E-state index contributed by atoms with van der Waals surface area (Å²) in [5.74, 6) is 0.927. The number of nitrogens with two attached hydrogens (primary N) is 1. The van der Waals surface area contributed by atoms with E-state index in [0.29, 0.717) is 16.8 Å². The first-order valence-electron chi connectivity index (χ1n) is 6.86. The average molecular weight is 318 g/mol. The summed E-state index contributed by atoms with van der Waals surface area (Å²) in [6, 6.07) is 12.0. The summed E-state index contributed by atoms with van der Waals surface area (Å²) in [6.45, 7) is 0. The molecule has 3 nitrogen and oxygen atoms in total. The van der Waals surface area contributed by atoms with E-state index in [4.69, 9.17) is 33.9 Å². The minimum atomic E-state index is 0.500. The number of rotatable bonds is 2. The van der Waals surface area contributed by atoms with Gasteiger partial charge in [-0.2, -0.15) is 0 Å². The lowest BCUT2D eigenvalue weighted by molar-refractivity contribution is 0.775. The van der Waals surface area contributed by atoms with E-state index in [0.717, 1.165) is 27.4 Å². The molecule has 1 aromatic heterocycles. The second-order valence-electron chi connectivity index (χ2n) is 5.41. The Morgan fingerprint density at radius 3 is 2.62 bits per heavy atom. The molecule has 2 aromatic carbocycles. The molecule has 0 amide bonds. The molecule has 2 N–H and O–H groups in total. The van der Waals surface area contributed by atoms with Crippen LogP contribution >= 0.6 is 23.2 Å². The van der Waals surface area contributed by atoms with Gasteiger partial charge in [-0.05, 0) is 49.2 Å². The molecule has 5 heteroatoms. The van der Waals surface area contributed by atoms with Gasteiger partial charge in [-0.3, -0.25) is 0 Å². The normalized spacial score (nSPS) is 14.8. The van der Waals surface area contributed by atoms with Gasteiger partial charge >= 0.3 is 0 Å². The van der Waals surface area contributed by atoms with Crippen molar-refractivity contribution >= 4 is 39.9 Å². The molecule has 4 rings (SSSR count). The van der Waals surface area contributed by atoms with Crippen molar-refractivity contribution in [3.05, 3.63) is 46.4 Å². The molecule has 1 aliphatic rings. The van der Waals surface area contributed by atoms with Gasteiger partial charge in [0.15, 0.2) is 0 Å². The van der Waals surface area contributed by atoms with Gasteiger partial charge in [0.1, 0.15) is 5.82 Å². The van der Waals surface area contributed by atoms with Gasteiger partial charge in [0, 0.05) is 16.6 Å². The Morgan fingerprint density at radius 1 is 1.10 bits per heavy atom. The van der Waals surface area contributed by atoms with Crippen LogP contribution in [0.1, 0.15) is 18.9 Å². The van der Waals surface area contributed by atoms with Crippen molar-refractivity contribution in [3.63, 3.8) is 0 Å². The lowest BCUT2D eigenvalue weighted by atomic mass is 10.2. The molecular formula is C16H13Cl2N3. The SMILES string of the molecule is Nc1ccc(-c2nc3ccc(Cl)cc3n2C2CC2)cc1Cl. The monoisotopic (exact) mass is 317 g/mol. The predicted molar refractivity (Wildman–Crippen MR) is 87.9 cm³/mol. The molecule has 21 heavy (non-hydrogen) atoms. The van der Waals surface area contributed by atoms with Crippen LogP contribution in [-0.4, -0.2) is 9.55 Å². The summed E-state index contributed by atoms with van der Waals surface area (Å²) in [6.07, 6.45) is 2.35. The Morgan fingerprint density at radius 2 is 1.90 bits per heavy atom. The molecule has 0 saturated heterocycles. The maximum Gasteiger partial charge on any atom is 0.141 e. The number of benzene rings is 2. The van der Waals surface area contributed by atoms with Crippen molar-refractivity contribution in [1.82, 2.24) is 9.55 Å². The van der Waals surface area contributed by atoms with Crippen LogP contribution in [0.25, 0.3) is 22.4 Å². The minimum absolute atomic E-state index is 0.500. The van der Waals surface area contributed by atoms with E-state index in [1.54, 1.807) is 0 Å². The second-order valence-corrected chi connectivity index (χ2v) is 6.25. The van der Waals surface area contributed by atoms with Crippen LogP contribution in [0.4, 0.5) is 5.69 Å². The van der Waals surface area contributed by atoms with E-state index < -0.39 is 0 Å². The number of imidazole rings is 1. The first kappa shape index (κ1) is 13.0. The second kappa shape index (κ2) is 4.65. The van der Waals surface area contributed by atoms with E-state index in [2.05, 4.69) is 4.57 Å². The molecule has 0 bridgehead atoms. The van der Waals surface area contributed by atoms with E-state index >= 15 is 0 Å². The molecule has 0 atom stereocenters. The highest BCUT2D eigenvalue weighted by Gasteiger charge is 2.28. The summed E-state index contributed by atoms with van der Waals surface area (Å²) in [5.41, 5.74) is 9.39. The summed E-state index contributed by atoms with van der Waals surface area (Å²) in [4.78, 5) is 4.76. The molecular weight excluding hydrogens is 305 g/mol. The largest absolute Gasteiger partial charge is 0.398 e. The van der Waals surface area contributed by atoms with E-state index in [9.17, 15) is 0 Å². The van der Waals surface area contributed by atoms with E-state index in [1.807, 2.05) is 36.4 Å². The van der Waals surface area contributed by atoms with E-state index in [1.165, 1.54) is 12.8 Å². The zero-order valence-electron chi connectivity index (χ0n) is 11.2. The zero-order chi connectivity index (χ0) is 14.6. The van der Waals surface area contributed by atoms with Crippen LogP contribution in [0.2, 0.25) is 10.0 Å². The Kier molecular flexibility index (Phi) is 2.88. The topological polar surface area (TPSA) is 43.8 Å². The molecule has 1 heterocycles. The number of hydrogen-bond acceptors (Lipinski definition) is 2. The third-order valence-corrected chi connectivity index (χ3v) is 4.38. The maximum absolute atomic E-state index is 6.15. The van der Waals surface area contributed by atoms with Gasteiger partial charge in [-0.15, -0.1) is 0 Å². The number of anilines is 1. The molecule has 0 aliphatic heterocycles. The summed E-state index contributed by atoms with van der Waals surface area (Å²) in [7, 11) is 0. The Balaban J connectivity index is 1.99. The zero-order valence-corrected chi connectivity index (χ0v) is 12.7. The highest BCUT2D eigenvalue weighted by molar-refractivity contribution is 6.33. The lowest BCUT2D eigenvalue weighted by Crippen LogP contribution is -1.98. The van der Waals surface area contributed by atoms with Crippen LogP contribution in [0.5, 0.6) is 0 Å². The van der Waals surface area contributed by atoms with Crippen molar-refractivity contribution in [2.24, 2.45) is 0 Å². The number of nitrogen functional groups attached to an aromatic ring is 1. The molecule has 1 fully saturated rings. The molecule has 0 radical (unpaired) electrons. The van der Waals surface area contributed by atoms with Gasteiger partial charge in [-0.1, -0.05) is 23.2 Å². The van der Waals surface area contributed by atoms with Crippen molar-refractivity contribution in [3.8, 4) is 11.4 Å². The van der Waals surface area contributed by atoms with Crippen molar-refractivity contribution in [2.75, 3.05) is 5.73 Å². The Labute approximate surface area is 132 Å². The predicted octanol–water partition coefficient (Wildman–Crippen LogP) is 4.93. The fourth-order valence-corrected chi connectivity index (χ4v) is 2.99. The Hall–Kier alpha value is -1.71. The standard InChI is InChI=1S/C16H13Cl2N3/c17-10-2-6-14-15(8-10)21(11-3-4-11)16(20-14)9-1-5-13(19)12(18)7-9/h1-2,5-8,11H,3-4,19H2. The van der Waals surface area contributed by atoms with Crippen LogP contribution in [0.15, 0.2) is 36.4 Å². The van der Waals surface area contributed by atoms with Crippen LogP contribution in [0, 0.1) is 0 Å². The molecule has 1 aliphatic carbocycles. The first-order chi connectivity index (χ1) is 10.1. The number of fused-ring (bicyclic) bond motifs is 1. The highest BCUT2D eigenvalue weighted by atomic mass is 35.5. The van der Waals surface area contributed by atoms with Crippen LogP contribution in [-0.2, 0) is 0 Å². The van der Waals surface area contributed by atoms with Crippen molar-refractivity contribution in [1.29, 1.82) is 0 Å². The third-order valence-electron chi connectivity index (χ3n) is 3.82. The molecule has 106 valence electrons. The quantitative estimate of drug-likeness (QED) is 0.681. The third kappa shape index (κ3) is 2.17. The van der Waals surface area contributed by atoms with Gasteiger partial charge in [0.2, 0.25) is 0 Å². The first-order valence-corrected chi connectivity index (χ1v) is 7.62. The van der Waals surface area contributed by atoms with Gasteiger partial charge in [0.05, 0.1) is 21.7 Å². The Bertz CT molecular complexity index is 850. The van der Waals surface area contributed by atoms with Crippen molar-refractivity contribution < 1.29 is 0 Å². The number of nitrogens with zero attached hydrogens (tertiary/aromatic N) is 2. The average Bonchev–Trinajstić information content (AvgIpc) is 3.23. The van der Waals surface area contributed by atoms with Gasteiger partial charge in [0.25, 0.3) is 0 Å². The minimum Gasteiger partial charge on any atom is -0.398 e. The molecule has 3 aromatic rings. The molecule has 1 saturated carbocycles. The van der Waals surface area contributed by atoms with Gasteiger partial charge in [-0.25, -0.2) is 4.98 Å². The summed E-state index contributed by atoms with van der Waals surface area (Å²) >= 11 is 12.3. The number of aromatic nitrogens is 2. The smallest absolute Gasteiger partial charge is 0.141 e. The van der Waals surface area contributed by atoms with Crippen LogP contribution in [0.3, 0.4) is 0 Å². The number of hydrogen-bond donors (Lipinski definition) is 1. The van der Waals surface area contributed by atoms with E-state index in [-0.39, 0.29) is 0 Å².